The molecule has 1 amide bonds. The molecule has 1 aromatic carbocycles. The van der Waals surface area contributed by atoms with Crippen LogP contribution < -0.4 is 0 Å². The predicted octanol–water partition coefficient (Wildman–Crippen LogP) is 2.46. The number of amides is 1. The van der Waals surface area contributed by atoms with Gasteiger partial charge >= 0.3 is 0 Å². The van der Waals surface area contributed by atoms with E-state index >= 15 is 0 Å². The standard InChI is InChI=1S/C18H23NO2/c1-13(2)16-8-9-19(12-16)18(21)17-7-6-14(3)11-15(17)5-4-10-20/h6-7,11,13,16,20H,8-10,12H2,1-3H3. The van der Waals surface area contributed by atoms with Gasteiger partial charge in [-0.3, -0.25) is 4.79 Å². The zero-order chi connectivity index (χ0) is 15.4. The van der Waals surface area contributed by atoms with Crippen LogP contribution in [-0.2, 0) is 0 Å². The lowest BCUT2D eigenvalue weighted by atomic mass is 9.95. The lowest BCUT2D eigenvalue weighted by Gasteiger charge is -2.19. The van der Waals surface area contributed by atoms with Gasteiger partial charge in [-0.25, -0.2) is 0 Å². The molecule has 112 valence electrons. The number of hydrogen-bond donors (Lipinski definition) is 1. The summed E-state index contributed by atoms with van der Waals surface area (Å²) < 4.78 is 0. The van der Waals surface area contributed by atoms with Crippen molar-refractivity contribution in [1.29, 1.82) is 0 Å². The molecule has 0 saturated carbocycles. The molecule has 2 rings (SSSR count). The number of aliphatic hydroxyl groups excluding tert-OH is 1. The van der Waals surface area contributed by atoms with Gasteiger partial charge in [0.25, 0.3) is 5.91 Å². The molecule has 3 heteroatoms. The van der Waals surface area contributed by atoms with Crippen molar-refractivity contribution in [1.82, 2.24) is 4.90 Å². The number of rotatable bonds is 2. The largest absolute Gasteiger partial charge is 0.384 e. The molecule has 1 N–H and O–H groups in total. The van der Waals surface area contributed by atoms with Crippen molar-refractivity contribution in [2.75, 3.05) is 19.7 Å². The van der Waals surface area contributed by atoms with Crippen LogP contribution in [-0.4, -0.2) is 35.6 Å². The Balaban J connectivity index is 2.23. The Morgan fingerprint density at radius 3 is 2.86 bits per heavy atom. The molecule has 1 atom stereocenters. The molecule has 1 saturated heterocycles. The molecule has 0 bridgehead atoms. The third-order valence-electron chi connectivity index (χ3n) is 4.16. The Bertz CT molecular complexity index is 581. The second kappa shape index (κ2) is 6.78. The lowest BCUT2D eigenvalue weighted by Crippen LogP contribution is -2.30. The first kappa shape index (κ1) is 15.6. The van der Waals surface area contributed by atoms with Crippen molar-refractivity contribution in [3.8, 4) is 11.8 Å². The summed E-state index contributed by atoms with van der Waals surface area (Å²) in [5.41, 5.74) is 2.42. The molecule has 0 aliphatic carbocycles. The van der Waals surface area contributed by atoms with E-state index in [-0.39, 0.29) is 12.5 Å². The van der Waals surface area contributed by atoms with Crippen LogP contribution in [0.15, 0.2) is 18.2 Å². The minimum atomic E-state index is -0.194. The van der Waals surface area contributed by atoms with Crippen LogP contribution in [0, 0.1) is 30.6 Å². The van der Waals surface area contributed by atoms with Crippen molar-refractivity contribution < 1.29 is 9.90 Å². The summed E-state index contributed by atoms with van der Waals surface area (Å²) in [6.07, 6.45) is 1.08. The van der Waals surface area contributed by atoms with E-state index in [1.54, 1.807) is 0 Å². The first-order valence-corrected chi connectivity index (χ1v) is 7.52. The van der Waals surface area contributed by atoms with E-state index in [9.17, 15) is 4.79 Å². The number of likely N-dealkylation sites (tertiary alicyclic amines) is 1. The molecule has 1 aromatic rings. The fourth-order valence-corrected chi connectivity index (χ4v) is 2.77. The van der Waals surface area contributed by atoms with E-state index in [1.165, 1.54) is 0 Å². The van der Waals surface area contributed by atoms with Gasteiger partial charge in [0, 0.05) is 18.7 Å². The zero-order valence-electron chi connectivity index (χ0n) is 13.0. The van der Waals surface area contributed by atoms with Gasteiger partial charge in [0.05, 0.1) is 5.56 Å². The van der Waals surface area contributed by atoms with E-state index in [0.717, 1.165) is 25.1 Å². The number of carbonyl (C=O) groups excluding carboxylic acids is 1. The summed E-state index contributed by atoms with van der Waals surface area (Å²) in [5, 5.41) is 8.86. The minimum absolute atomic E-state index is 0.0559. The molecular weight excluding hydrogens is 262 g/mol. The first-order chi connectivity index (χ1) is 10.0. The zero-order valence-corrected chi connectivity index (χ0v) is 13.0. The van der Waals surface area contributed by atoms with Crippen molar-refractivity contribution in [3.63, 3.8) is 0 Å². The molecule has 1 fully saturated rings. The molecule has 21 heavy (non-hydrogen) atoms. The van der Waals surface area contributed by atoms with E-state index in [2.05, 4.69) is 25.7 Å². The van der Waals surface area contributed by atoms with Gasteiger partial charge in [0.1, 0.15) is 6.61 Å². The third-order valence-corrected chi connectivity index (χ3v) is 4.16. The number of hydrogen-bond acceptors (Lipinski definition) is 2. The highest BCUT2D eigenvalue weighted by atomic mass is 16.2. The van der Waals surface area contributed by atoms with E-state index in [1.807, 2.05) is 30.0 Å². The Morgan fingerprint density at radius 2 is 2.24 bits per heavy atom. The Hall–Kier alpha value is -1.79. The SMILES string of the molecule is Cc1ccc(C(=O)N2CCC(C(C)C)C2)c(C#CCO)c1. The van der Waals surface area contributed by atoms with Crippen LogP contribution in [0.2, 0.25) is 0 Å². The fourth-order valence-electron chi connectivity index (χ4n) is 2.77. The summed E-state index contributed by atoms with van der Waals surface area (Å²) in [6, 6.07) is 5.70. The van der Waals surface area contributed by atoms with Gasteiger partial charge in [0.15, 0.2) is 0 Å². The molecule has 0 spiro atoms. The quantitative estimate of drug-likeness (QED) is 0.848. The Kier molecular flexibility index (Phi) is 5.03. The van der Waals surface area contributed by atoms with Crippen LogP contribution in [0.1, 0.15) is 41.8 Å². The summed E-state index contributed by atoms with van der Waals surface area (Å²) >= 11 is 0. The summed E-state index contributed by atoms with van der Waals surface area (Å²) in [6.45, 7) is 7.86. The first-order valence-electron chi connectivity index (χ1n) is 7.52. The smallest absolute Gasteiger partial charge is 0.255 e. The number of carbonyl (C=O) groups is 1. The predicted molar refractivity (Wildman–Crippen MR) is 84.0 cm³/mol. The number of benzene rings is 1. The molecular formula is C18H23NO2. The number of aryl methyl sites for hydroxylation is 1. The van der Waals surface area contributed by atoms with Crippen LogP contribution >= 0.6 is 0 Å². The van der Waals surface area contributed by atoms with Crippen molar-refractivity contribution >= 4 is 5.91 Å². The van der Waals surface area contributed by atoms with Gasteiger partial charge in [-0.2, -0.15) is 0 Å². The fraction of sp³-hybridized carbons (Fsp3) is 0.500. The number of aliphatic hydroxyl groups is 1. The topological polar surface area (TPSA) is 40.5 Å². The van der Waals surface area contributed by atoms with Crippen LogP contribution in [0.3, 0.4) is 0 Å². The van der Waals surface area contributed by atoms with E-state index < -0.39 is 0 Å². The molecule has 1 unspecified atom stereocenters. The van der Waals surface area contributed by atoms with Crippen LogP contribution in [0.5, 0.6) is 0 Å². The summed E-state index contributed by atoms with van der Waals surface area (Å²) in [5.74, 6) is 6.79. The third kappa shape index (κ3) is 3.65. The maximum absolute atomic E-state index is 12.7. The maximum atomic E-state index is 12.7. The molecule has 1 heterocycles. The van der Waals surface area contributed by atoms with Crippen molar-refractivity contribution in [2.24, 2.45) is 11.8 Å². The van der Waals surface area contributed by atoms with Gasteiger partial charge in [-0.1, -0.05) is 31.8 Å². The van der Waals surface area contributed by atoms with Gasteiger partial charge in [-0.05, 0) is 42.9 Å². The summed E-state index contributed by atoms with van der Waals surface area (Å²) in [4.78, 5) is 14.6. The van der Waals surface area contributed by atoms with Crippen LogP contribution in [0.4, 0.5) is 0 Å². The Morgan fingerprint density at radius 1 is 1.48 bits per heavy atom. The Labute approximate surface area is 127 Å². The normalized spacial score (nSPS) is 17.8. The second-order valence-corrected chi connectivity index (χ2v) is 6.05. The lowest BCUT2D eigenvalue weighted by molar-refractivity contribution is 0.0783. The number of nitrogens with zero attached hydrogens (tertiary/aromatic N) is 1. The van der Waals surface area contributed by atoms with E-state index in [4.69, 9.17) is 5.11 Å². The monoisotopic (exact) mass is 285 g/mol. The van der Waals surface area contributed by atoms with Gasteiger partial charge < -0.3 is 10.0 Å². The minimum Gasteiger partial charge on any atom is -0.384 e. The van der Waals surface area contributed by atoms with Crippen molar-refractivity contribution in [2.45, 2.75) is 27.2 Å². The average molecular weight is 285 g/mol. The molecule has 1 aliphatic rings. The maximum Gasteiger partial charge on any atom is 0.255 e. The average Bonchev–Trinajstić information content (AvgIpc) is 2.94. The van der Waals surface area contributed by atoms with Gasteiger partial charge in [-0.15, -0.1) is 0 Å². The van der Waals surface area contributed by atoms with Crippen molar-refractivity contribution in [3.05, 3.63) is 34.9 Å². The second-order valence-electron chi connectivity index (χ2n) is 6.05. The summed E-state index contributed by atoms with van der Waals surface area (Å²) in [7, 11) is 0. The van der Waals surface area contributed by atoms with Crippen LogP contribution in [0.25, 0.3) is 0 Å². The molecule has 1 aliphatic heterocycles. The van der Waals surface area contributed by atoms with Gasteiger partial charge in [0.2, 0.25) is 0 Å². The highest BCUT2D eigenvalue weighted by molar-refractivity contribution is 5.97. The molecule has 0 radical (unpaired) electrons. The molecule has 0 aromatic heterocycles. The highest BCUT2D eigenvalue weighted by Gasteiger charge is 2.29. The highest BCUT2D eigenvalue weighted by Crippen LogP contribution is 2.25. The molecule has 3 nitrogen and oxygen atoms in total. The van der Waals surface area contributed by atoms with E-state index in [0.29, 0.717) is 23.0 Å².